The molecule has 1 aliphatic heterocycles. The molecule has 1 aromatic heterocycles. The molecular weight excluding hydrogens is 565 g/mol. The van der Waals surface area contributed by atoms with Crippen LogP contribution in [0.4, 0.5) is 0 Å². The SMILES string of the molecule is O=C([O-])C(=O)O.O=c1c2ccccc2c(Cc2ccc(Cl)c(Cl)c2)nn1C1CCC[NH+](CCc2ccccc2)CC1. The predicted molar refractivity (Wildman–Crippen MR) is 157 cm³/mol. The van der Waals surface area contributed by atoms with E-state index in [0.29, 0.717) is 16.5 Å². The van der Waals surface area contributed by atoms with Gasteiger partial charge in [-0.25, -0.2) is 9.48 Å². The molecule has 1 fully saturated rings. The number of benzene rings is 3. The molecule has 0 radical (unpaired) electrons. The Morgan fingerprint density at radius 3 is 2.29 bits per heavy atom. The summed E-state index contributed by atoms with van der Waals surface area (Å²) in [6, 6.07) is 24.3. The van der Waals surface area contributed by atoms with Gasteiger partial charge in [-0.2, -0.15) is 5.10 Å². The molecule has 4 aromatic rings. The van der Waals surface area contributed by atoms with E-state index in [1.165, 1.54) is 5.56 Å². The van der Waals surface area contributed by atoms with E-state index in [-0.39, 0.29) is 11.6 Å². The Kier molecular flexibility index (Phi) is 10.5. The molecule has 1 saturated heterocycles. The summed E-state index contributed by atoms with van der Waals surface area (Å²) in [5.74, 6) is -4.01. The topological polar surface area (TPSA) is 117 Å². The molecule has 0 spiro atoms. The van der Waals surface area contributed by atoms with Crippen molar-refractivity contribution in [2.45, 2.75) is 38.1 Å². The Hall–Kier alpha value is -3.72. The van der Waals surface area contributed by atoms with Crippen molar-refractivity contribution in [1.29, 1.82) is 0 Å². The van der Waals surface area contributed by atoms with Gasteiger partial charge in [-0.3, -0.25) is 4.79 Å². The minimum Gasteiger partial charge on any atom is -0.539 e. The quantitative estimate of drug-likeness (QED) is 0.331. The van der Waals surface area contributed by atoms with E-state index in [9.17, 15) is 4.79 Å². The van der Waals surface area contributed by atoms with E-state index in [0.717, 1.165) is 67.3 Å². The molecule has 0 aliphatic carbocycles. The van der Waals surface area contributed by atoms with Crippen molar-refractivity contribution < 1.29 is 24.7 Å². The highest BCUT2D eigenvalue weighted by atomic mass is 35.5. The number of hydrogen-bond donors (Lipinski definition) is 2. The van der Waals surface area contributed by atoms with Crippen LogP contribution < -0.4 is 15.6 Å². The maximum atomic E-state index is 13.5. The second kappa shape index (κ2) is 14.3. The lowest BCUT2D eigenvalue weighted by Gasteiger charge is -2.19. The summed E-state index contributed by atoms with van der Waals surface area (Å²) >= 11 is 12.4. The van der Waals surface area contributed by atoms with Gasteiger partial charge in [0.2, 0.25) is 0 Å². The van der Waals surface area contributed by atoms with Crippen LogP contribution in [0.2, 0.25) is 10.0 Å². The Balaban J connectivity index is 0.000000585. The molecule has 2 N–H and O–H groups in total. The molecule has 5 rings (SSSR count). The van der Waals surface area contributed by atoms with E-state index >= 15 is 0 Å². The first kappa shape index (κ1) is 30.2. The number of carboxylic acids is 2. The number of nitrogens with zero attached hydrogens (tertiary/aromatic N) is 2. The third-order valence-electron chi connectivity index (χ3n) is 7.29. The lowest BCUT2D eigenvalue weighted by molar-refractivity contribution is -0.899. The zero-order valence-electron chi connectivity index (χ0n) is 22.4. The standard InChI is InChI=1S/C29H29Cl2N3O.C2H2O4/c30-26-13-12-22(19-27(26)31)20-28-24-10-4-5-11-25(24)29(35)34(32-28)23-9-6-16-33(18-15-23)17-14-21-7-2-1-3-8-21;3-1(4)2(5)6/h1-5,7-8,10-13,19,23H,6,9,14-18,20H2;(H,3,4)(H,5,6). The zero-order chi connectivity index (χ0) is 29.4. The molecule has 0 saturated carbocycles. The molecule has 214 valence electrons. The fourth-order valence-corrected chi connectivity index (χ4v) is 5.50. The summed E-state index contributed by atoms with van der Waals surface area (Å²) in [5.41, 5.74) is 3.33. The largest absolute Gasteiger partial charge is 0.539 e. The minimum atomic E-state index is -2.07. The second-order valence-electron chi connectivity index (χ2n) is 10.1. The fraction of sp³-hybridized carbons (Fsp3) is 0.290. The van der Waals surface area contributed by atoms with E-state index in [4.69, 9.17) is 48.1 Å². The van der Waals surface area contributed by atoms with Gasteiger partial charge in [-0.1, -0.05) is 77.8 Å². The molecule has 2 unspecified atom stereocenters. The van der Waals surface area contributed by atoms with E-state index in [2.05, 4.69) is 30.3 Å². The summed E-state index contributed by atoms with van der Waals surface area (Å²) in [5, 5.41) is 24.0. The van der Waals surface area contributed by atoms with Crippen LogP contribution in [0, 0.1) is 0 Å². The minimum absolute atomic E-state index is 0.0104. The number of carbonyl (C=O) groups is 2. The highest BCUT2D eigenvalue weighted by Gasteiger charge is 2.24. The summed E-state index contributed by atoms with van der Waals surface area (Å²) in [6.45, 7) is 3.32. The Morgan fingerprint density at radius 1 is 0.927 bits per heavy atom. The Bertz CT molecular complexity index is 1560. The van der Waals surface area contributed by atoms with Crippen LogP contribution in [0.1, 0.15) is 42.1 Å². The average molecular weight is 597 g/mol. The second-order valence-corrected chi connectivity index (χ2v) is 10.9. The van der Waals surface area contributed by atoms with Crippen molar-refractivity contribution in [2.24, 2.45) is 0 Å². The fourth-order valence-electron chi connectivity index (χ4n) is 5.18. The monoisotopic (exact) mass is 595 g/mol. The molecule has 1 aliphatic rings. The number of rotatable bonds is 6. The molecule has 0 amide bonds. The van der Waals surface area contributed by atoms with Gasteiger partial charge in [0.1, 0.15) is 0 Å². The van der Waals surface area contributed by atoms with Gasteiger partial charge < -0.3 is 19.9 Å². The highest BCUT2D eigenvalue weighted by Crippen LogP contribution is 2.26. The van der Waals surface area contributed by atoms with Crippen LogP contribution in [-0.4, -0.2) is 46.5 Å². The smallest absolute Gasteiger partial charge is 0.351 e. The Labute approximate surface area is 247 Å². The first-order chi connectivity index (χ1) is 19.7. The van der Waals surface area contributed by atoms with Gasteiger partial charge in [0.05, 0.1) is 46.8 Å². The van der Waals surface area contributed by atoms with Crippen LogP contribution in [-0.2, 0) is 22.4 Å². The number of halogens is 2. The molecule has 41 heavy (non-hydrogen) atoms. The van der Waals surface area contributed by atoms with Gasteiger partial charge in [0.25, 0.3) is 5.56 Å². The number of nitrogens with one attached hydrogen (secondary N) is 1. The lowest BCUT2D eigenvalue weighted by atomic mass is 10.0. The molecule has 10 heteroatoms. The third-order valence-corrected chi connectivity index (χ3v) is 8.03. The van der Waals surface area contributed by atoms with E-state index < -0.39 is 11.9 Å². The van der Waals surface area contributed by atoms with Crippen LogP contribution in [0.3, 0.4) is 0 Å². The van der Waals surface area contributed by atoms with Crippen molar-refractivity contribution in [1.82, 2.24) is 9.78 Å². The van der Waals surface area contributed by atoms with E-state index in [1.54, 1.807) is 9.58 Å². The molecule has 3 aromatic carbocycles. The predicted octanol–water partition coefficient (Wildman–Crippen LogP) is 2.97. The zero-order valence-corrected chi connectivity index (χ0v) is 23.9. The van der Waals surface area contributed by atoms with E-state index in [1.807, 2.05) is 42.5 Å². The molecule has 2 heterocycles. The van der Waals surface area contributed by atoms with Gasteiger partial charge in [-0.15, -0.1) is 0 Å². The van der Waals surface area contributed by atoms with Crippen molar-refractivity contribution in [3.63, 3.8) is 0 Å². The van der Waals surface area contributed by atoms with Crippen molar-refractivity contribution >= 4 is 45.9 Å². The maximum Gasteiger partial charge on any atom is 0.351 e. The number of fused-ring (bicyclic) bond motifs is 1. The summed E-state index contributed by atoms with van der Waals surface area (Å²) in [6.07, 6.45) is 4.72. The lowest BCUT2D eigenvalue weighted by Crippen LogP contribution is -3.12. The number of carbonyl (C=O) groups excluding carboxylic acids is 1. The number of carboxylic acid groups (broad SMARTS) is 2. The number of quaternary nitrogens is 1. The van der Waals surface area contributed by atoms with Crippen LogP contribution in [0.15, 0.2) is 77.6 Å². The summed E-state index contributed by atoms with van der Waals surface area (Å²) < 4.78 is 1.77. The molecular formula is C31H31Cl2N3O5. The number of aromatic nitrogens is 2. The van der Waals surface area contributed by atoms with Crippen LogP contribution in [0.5, 0.6) is 0 Å². The van der Waals surface area contributed by atoms with Crippen molar-refractivity contribution in [3.8, 4) is 0 Å². The average Bonchev–Trinajstić information content (AvgIpc) is 3.22. The number of likely N-dealkylation sites (tertiary alicyclic amines) is 1. The summed E-state index contributed by atoms with van der Waals surface area (Å²) in [7, 11) is 0. The van der Waals surface area contributed by atoms with Crippen molar-refractivity contribution in [2.75, 3.05) is 19.6 Å². The van der Waals surface area contributed by atoms with Gasteiger partial charge in [0.15, 0.2) is 5.97 Å². The maximum absolute atomic E-state index is 13.5. The molecule has 0 bridgehead atoms. The highest BCUT2D eigenvalue weighted by molar-refractivity contribution is 6.42. The third kappa shape index (κ3) is 8.16. The van der Waals surface area contributed by atoms with Crippen molar-refractivity contribution in [3.05, 3.63) is 110 Å². The van der Waals surface area contributed by atoms with Gasteiger partial charge in [-0.05, 0) is 42.2 Å². The number of hydrogen-bond acceptors (Lipinski definition) is 5. The van der Waals surface area contributed by atoms with Gasteiger partial charge in [0, 0.05) is 24.6 Å². The number of aliphatic carboxylic acids is 2. The first-order valence-corrected chi connectivity index (χ1v) is 14.2. The Morgan fingerprint density at radius 2 is 1.61 bits per heavy atom. The van der Waals surface area contributed by atoms with Gasteiger partial charge >= 0.3 is 5.97 Å². The van der Waals surface area contributed by atoms with Crippen LogP contribution >= 0.6 is 23.2 Å². The summed E-state index contributed by atoms with van der Waals surface area (Å²) in [4.78, 5) is 33.1. The molecule has 8 nitrogen and oxygen atoms in total. The molecule has 2 atom stereocenters. The van der Waals surface area contributed by atoms with Crippen LogP contribution in [0.25, 0.3) is 10.8 Å². The normalized spacial score (nSPS) is 16.8. The first-order valence-electron chi connectivity index (χ1n) is 13.5.